The van der Waals surface area contributed by atoms with Crippen molar-refractivity contribution in [2.75, 3.05) is 20.3 Å². The molecular formula is C20H37N3O2. The number of carbonyl (C=O) groups is 1. The van der Waals surface area contributed by atoms with Crippen molar-refractivity contribution in [2.24, 2.45) is 17.6 Å². The first-order valence-electron chi connectivity index (χ1n) is 10.5. The Morgan fingerprint density at radius 1 is 1.08 bits per heavy atom. The van der Waals surface area contributed by atoms with Crippen molar-refractivity contribution in [1.82, 2.24) is 10.2 Å². The molecule has 2 atom stereocenters. The Kier molecular flexibility index (Phi) is 6.75. The van der Waals surface area contributed by atoms with Crippen molar-refractivity contribution < 1.29 is 9.53 Å². The number of nitrogens with one attached hydrogen (secondary N) is 1. The average molecular weight is 352 g/mol. The zero-order chi connectivity index (χ0) is 17.7. The highest BCUT2D eigenvalue weighted by Gasteiger charge is 2.50. The number of rotatable bonds is 7. The maximum Gasteiger partial charge on any atom is 0.247 e. The summed E-state index contributed by atoms with van der Waals surface area (Å²) < 4.78 is 6.07. The number of ether oxygens (including phenoxy) is 1. The molecule has 1 aliphatic heterocycles. The van der Waals surface area contributed by atoms with Crippen LogP contribution in [0.3, 0.4) is 0 Å². The Hall–Kier alpha value is -0.650. The second kappa shape index (κ2) is 8.83. The van der Waals surface area contributed by atoms with Gasteiger partial charge in [-0.15, -0.1) is 0 Å². The fourth-order valence-corrected chi connectivity index (χ4v) is 5.07. The first-order valence-corrected chi connectivity index (χ1v) is 10.5. The van der Waals surface area contributed by atoms with Crippen LogP contribution < -0.4 is 11.1 Å². The minimum Gasteiger partial charge on any atom is -0.379 e. The Balaban J connectivity index is 1.53. The van der Waals surface area contributed by atoms with Gasteiger partial charge in [-0.2, -0.15) is 0 Å². The van der Waals surface area contributed by atoms with Crippen LogP contribution in [0.15, 0.2) is 0 Å². The lowest BCUT2D eigenvalue weighted by Crippen LogP contribution is -2.54. The van der Waals surface area contributed by atoms with E-state index >= 15 is 0 Å². The molecule has 0 aromatic heterocycles. The third kappa shape index (κ3) is 4.75. The maximum atomic E-state index is 12.9. The van der Waals surface area contributed by atoms with Crippen LogP contribution in [0.25, 0.3) is 0 Å². The number of hydrogen-bond donors (Lipinski definition) is 2. The van der Waals surface area contributed by atoms with E-state index in [2.05, 4.69) is 5.32 Å². The molecule has 1 amide bonds. The van der Waals surface area contributed by atoms with Gasteiger partial charge in [0.2, 0.25) is 5.91 Å². The van der Waals surface area contributed by atoms with Crippen LogP contribution in [-0.2, 0) is 9.53 Å². The number of likely N-dealkylation sites (N-methyl/N-ethyl adjacent to an activating group) is 1. The van der Waals surface area contributed by atoms with Crippen LogP contribution in [0.4, 0.5) is 0 Å². The quantitative estimate of drug-likeness (QED) is 0.692. The Morgan fingerprint density at radius 3 is 2.24 bits per heavy atom. The smallest absolute Gasteiger partial charge is 0.247 e. The molecule has 3 fully saturated rings. The van der Waals surface area contributed by atoms with Gasteiger partial charge in [-0.25, -0.2) is 0 Å². The Morgan fingerprint density at radius 2 is 1.68 bits per heavy atom. The van der Waals surface area contributed by atoms with Crippen LogP contribution >= 0.6 is 0 Å². The minimum absolute atomic E-state index is 0.114. The summed E-state index contributed by atoms with van der Waals surface area (Å²) in [7, 11) is 1.80. The van der Waals surface area contributed by atoms with Crippen molar-refractivity contribution in [3.05, 3.63) is 0 Å². The van der Waals surface area contributed by atoms with Crippen molar-refractivity contribution in [1.29, 1.82) is 0 Å². The van der Waals surface area contributed by atoms with E-state index in [4.69, 9.17) is 10.5 Å². The van der Waals surface area contributed by atoms with Gasteiger partial charge in [-0.05, 0) is 24.7 Å². The summed E-state index contributed by atoms with van der Waals surface area (Å²) in [6.45, 7) is 1.23. The number of nitrogens with two attached hydrogens (primary N) is 1. The molecular weight excluding hydrogens is 314 g/mol. The highest BCUT2D eigenvalue weighted by molar-refractivity contribution is 5.88. The standard InChI is InChI=1S/C20H37N3O2/c1-23-18(24)20(22-19(23)21,14-17-10-6-3-7-11-17)15-25-13-12-16-8-4-2-5-9-16/h16-17,19,22H,2-15,21H2,1H3. The molecule has 3 rings (SSSR count). The minimum atomic E-state index is -0.608. The lowest BCUT2D eigenvalue weighted by Gasteiger charge is -2.33. The van der Waals surface area contributed by atoms with E-state index in [9.17, 15) is 4.79 Å². The molecule has 5 heteroatoms. The molecule has 1 heterocycles. The SMILES string of the molecule is CN1C(=O)C(COCCC2CCCCC2)(CC2CCCCC2)NC1N. The van der Waals surface area contributed by atoms with E-state index in [0.717, 1.165) is 25.4 Å². The van der Waals surface area contributed by atoms with E-state index in [1.165, 1.54) is 64.2 Å². The second-order valence-electron chi connectivity index (χ2n) is 8.64. The monoisotopic (exact) mass is 351 g/mol. The van der Waals surface area contributed by atoms with E-state index in [0.29, 0.717) is 12.5 Å². The molecule has 0 radical (unpaired) electrons. The van der Waals surface area contributed by atoms with Gasteiger partial charge in [0.25, 0.3) is 0 Å². The summed E-state index contributed by atoms with van der Waals surface area (Å²) in [5, 5.41) is 3.38. The molecule has 5 nitrogen and oxygen atoms in total. The largest absolute Gasteiger partial charge is 0.379 e. The van der Waals surface area contributed by atoms with Crippen LogP contribution in [0.1, 0.15) is 77.0 Å². The molecule has 0 spiro atoms. The molecule has 2 aliphatic carbocycles. The molecule has 3 aliphatic rings. The highest BCUT2D eigenvalue weighted by atomic mass is 16.5. The lowest BCUT2D eigenvalue weighted by atomic mass is 9.79. The molecule has 144 valence electrons. The number of hydrogen-bond acceptors (Lipinski definition) is 4. The van der Waals surface area contributed by atoms with Crippen LogP contribution in [-0.4, -0.2) is 42.9 Å². The summed E-state index contributed by atoms with van der Waals surface area (Å²) in [6, 6.07) is 0. The van der Waals surface area contributed by atoms with Gasteiger partial charge in [0, 0.05) is 13.7 Å². The summed E-state index contributed by atoms with van der Waals surface area (Å²) in [5.41, 5.74) is 5.50. The third-order valence-corrected chi connectivity index (χ3v) is 6.68. The maximum absolute atomic E-state index is 12.9. The number of carbonyl (C=O) groups excluding carboxylic acids is 1. The van der Waals surface area contributed by atoms with Gasteiger partial charge in [-0.1, -0.05) is 64.2 Å². The molecule has 3 N–H and O–H groups in total. The van der Waals surface area contributed by atoms with E-state index in [1.807, 2.05) is 0 Å². The van der Waals surface area contributed by atoms with Gasteiger partial charge in [-0.3, -0.25) is 15.8 Å². The lowest BCUT2D eigenvalue weighted by molar-refractivity contribution is -0.135. The summed E-state index contributed by atoms with van der Waals surface area (Å²) >= 11 is 0. The molecule has 1 saturated heterocycles. The number of amides is 1. The van der Waals surface area contributed by atoms with E-state index in [-0.39, 0.29) is 5.91 Å². The van der Waals surface area contributed by atoms with Gasteiger partial charge >= 0.3 is 0 Å². The first-order chi connectivity index (χ1) is 12.1. The van der Waals surface area contributed by atoms with Crippen LogP contribution in [0, 0.1) is 11.8 Å². The second-order valence-corrected chi connectivity index (χ2v) is 8.64. The highest BCUT2D eigenvalue weighted by Crippen LogP contribution is 2.34. The van der Waals surface area contributed by atoms with Crippen molar-refractivity contribution >= 4 is 5.91 Å². The molecule has 2 saturated carbocycles. The summed E-state index contributed by atoms with van der Waals surface area (Å²) in [6.07, 6.45) is 14.8. The first kappa shape index (κ1) is 19.1. The predicted molar refractivity (Wildman–Crippen MR) is 99.8 cm³/mol. The average Bonchev–Trinajstić information content (AvgIpc) is 2.85. The van der Waals surface area contributed by atoms with E-state index < -0.39 is 11.8 Å². The van der Waals surface area contributed by atoms with Gasteiger partial charge in [0.05, 0.1) is 6.61 Å². The third-order valence-electron chi connectivity index (χ3n) is 6.68. The molecule has 25 heavy (non-hydrogen) atoms. The fraction of sp³-hybridized carbons (Fsp3) is 0.950. The number of nitrogens with zero attached hydrogens (tertiary/aromatic N) is 1. The van der Waals surface area contributed by atoms with Gasteiger partial charge in [0.1, 0.15) is 11.8 Å². The zero-order valence-electron chi connectivity index (χ0n) is 16.0. The topological polar surface area (TPSA) is 67.6 Å². The van der Waals surface area contributed by atoms with Crippen molar-refractivity contribution in [3.8, 4) is 0 Å². The van der Waals surface area contributed by atoms with Crippen molar-refractivity contribution in [3.63, 3.8) is 0 Å². The van der Waals surface area contributed by atoms with Crippen molar-refractivity contribution in [2.45, 2.75) is 88.9 Å². The molecule has 0 bridgehead atoms. The summed E-state index contributed by atoms with van der Waals surface area (Å²) in [5.74, 6) is 1.55. The normalized spacial score (nSPS) is 32.5. The Bertz CT molecular complexity index is 433. The Labute approximate surface area is 153 Å². The molecule has 0 aromatic rings. The van der Waals surface area contributed by atoms with E-state index in [1.54, 1.807) is 11.9 Å². The van der Waals surface area contributed by atoms with Crippen LogP contribution in [0.2, 0.25) is 0 Å². The molecule has 2 unspecified atom stereocenters. The fourth-order valence-electron chi connectivity index (χ4n) is 5.07. The predicted octanol–water partition coefficient (Wildman–Crippen LogP) is 2.99. The van der Waals surface area contributed by atoms with Gasteiger partial charge in [0.15, 0.2) is 0 Å². The van der Waals surface area contributed by atoms with Gasteiger partial charge < -0.3 is 9.64 Å². The summed E-state index contributed by atoms with van der Waals surface area (Å²) in [4.78, 5) is 14.6. The zero-order valence-corrected chi connectivity index (χ0v) is 16.0. The molecule has 0 aromatic carbocycles. The van der Waals surface area contributed by atoms with Crippen LogP contribution in [0.5, 0.6) is 0 Å².